The Morgan fingerprint density at radius 1 is 1.16 bits per heavy atom. The maximum absolute atomic E-state index is 12.2. The molecule has 5 heteroatoms. The van der Waals surface area contributed by atoms with Crippen LogP contribution in [-0.4, -0.2) is 18.5 Å². The molecule has 1 saturated carbocycles. The van der Waals surface area contributed by atoms with Crippen molar-refractivity contribution in [2.45, 2.75) is 58.4 Å². The van der Waals surface area contributed by atoms with Crippen molar-refractivity contribution in [1.29, 1.82) is 0 Å². The van der Waals surface area contributed by atoms with Gasteiger partial charge in [-0.3, -0.25) is 4.79 Å². The van der Waals surface area contributed by atoms with Gasteiger partial charge in [0.05, 0.1) is 6.04 Å². The van der Waals surface area contributed by atoms with E-state index in [1.54, 1.807) is 0 Å². The molecule has 1 aliphatic rings. The largest absolute Gasteiger partial charge is 0.352 e. The molecule has 1 aliphatic carbocycles. The Labute approximate surface area is 150 Å². The molecule has 1 unspecified atom stereocenters. The summed E-state index contributed by atoms with van der Waals surface area (Å²) in [6, 6.07) is 8.32. The number of unbranched alkanes of at least 4 members (excludes halogenated alkanes) is 1. The molecule has 5 nitrogen and oxygen atoms in total. The summed E-state index contributed by atoms with van der Waals surface area (Å²) in [5.74, 6) is 1.30. The molecule has 0 saturated heterocycles. The quantitative estimate of drug-likeness (QED) is 0.569. The molecule has 0 aromatic heterocycles. The number of nitrogens with one attached hydrogen (secondary N) is 2. The maximum Gasteiger partial charge on any atom is 0.312 e. The monoisotopic (exact) mass is 345 g/mol. The SMILES string of the molecule is CC(C)Cc1ccc(C(NC(=O)CCCCNC(N)=O)C2CC2)cc1. The fourth-order valence-corrected chi connectivity index (χ4v) is 3.10. The number of benzene rings is 1. The number of amides is 3. The molecular weight excluding hydrogens is 314 g/mol. The highest BCUT2D eigenvalue weighted by molar-refractivity contribution is 5.76. The highest BCUT2D eigenvalue weighted by Crippen LogP contribution is 2.41. The first-order valence-electron chi connectivity index (χ1n) is 9.37. The van der Waals surface area contributed by atoms with Gasteiger partial charge in [0.1, 0.15) is 0 Å². The molecule has 3 amide bonds. The van der Waals surface area contributed by atoms with Gasteiger partial charge in [0.15, 0.2) is 0 Å². The molecule has 0 radical (unpaired) electrons. The first kappa shape index (κ1) is 19.3. The van der Waals surface area contributed by atoms with Crippen LogP contribution in [0, 0.1) is 11.8 Å². The van der Waals surface area contributed by atoms with Crippen molar-refractivity contribution in [2.75, 3.05) is 6.54 Å². The molecular formula is C20H31N3O2. The number of carbonyl (C=O) groups excluding carboxylic acids is 2. The third-order valence-corrected chi connectivity index (χ3v) is 4.52. The van der Waals surface area contributed by atoms with Gasteiger partial charge in [0.25, 0.3) is 0 Å². The normalized spacial score (nSPS) is 15.0. The van der Waals surface area contributed by atoms with E-state index in [0.29, 0.717) is 24.8 Å². The van der Waals surface area contributed by atoms with E-state index < -0.39 is 6.03 Å². The fraction of sp³-hybridized carbons (Fsp3) is 0.600. The van der Waals surface area contributed by atoms with Crippen LogP contribution in [0.1, 0.15) is 63.1 Å². The second-order valence-electron chi connectivity index (χ2n) is 7.47. The highest BCUT2D eigenvalue weighted by Gasteiger charge is 2.33. The van der Waals surface area contributed by atoms with Crippen molar-refractivity contribution in [3.8, 4) is 0 Å². The Morgan fingerprint density at radius 2 is 1.84 bits per heavy atom. The highest BCUT2D eigenvalue weighted by atomic mass is 16.2. The van der Waals surface area contributed by atoms with Crippen molar-refractivity contribution < 1.29 is 9.59 Å². The van der Waals surface area contributed by atoms with Crippen LogP contribution in [0.5, 0.6) is 0 Å². The maximum atomic E-state index is 12.2. The number of rotatable bonds is 10. The van der Waals surface area contributed by atoms with Crippen LogP contribution in [0.3, 0.4) is 0 Å². The lowest BCUT2D eigenvalue weighted by molar-refractivity contribution is -0.122. The summed E-state index contributed by atoms with van der Waals surface area (Å²) in [5.41, 5.74) is 7.57. The van der Waals surface area contributed by atoms with Crippen LogP contribution >= 0.6 is 0 Å². The van der Waals surface area contributed by atoms with E-state index in [-0.39, 0.29) is 11.9 Å². The van der Waals surface area contributed by atoms with E-state index in [1.807, 2.05) is 0 Å². The van der Waals surface area contributed by atoms with Crippen molar-refractivity contribution in [3.05, 3.63) is 35.4 Å². The topological polar surface area (TPSA) is 84.2 Å². The summed E-state index contributed by atoms with van der Waals surface area (Å²) >= 11 is 0. The van der Waals surface area contributed by atoms with Crippen molar-refractivity contribution in [3.63, 3.8) is 0 Å². The van der Waals surface area contributed by atoms with Crippen LogP contribution in [0.4, 0.5) is 4.79 Å². The first-order chi connectivity index (χ1) is 12.0. The number of carbonyl (C=O) groups is 2. The molecule has 1 fully saturated rings. The third-order valence-electron chi connectivity index (χ3n) is 4.52. The summed E-state index contributed by atoms with van der Waals surface area (Å²) < 4.78 is 0. The number of urea groups is 1. The van der Waals surface area contributed by atoms with Crippen LogP contribution < -0.4 is 16.4 Å². The zero-order valence-corrected chi connectivity index (χ0v) is 15.4. The lowest BCUT2D eigenvalue weighted by Gasteiger charge is -2.19. The minimum Gasteiger partial charge on any atom is -0.352 e. The smallest absolute Gasteiger partial charge is 0.312 e. The molecule has 1 aromatic rings. The molecule has 4 N–H and O–H groups in total. The van der Waals surface area contributed by atoms with Gasteiger partial charge in [-0.05, 0) is 55.1 Å². The van der Waals surface area contributed by atoms with Crippen molar-refractivity contribution >= 4 is 11.9 Å². The van der Waals surface area contributed by atoms with Gasteiger partial charge < -0.3 is 16.4 Å². The third kappa shape index (κ3) is 7.16. The second kappa shape index (κ2) is 9.44. The van der Waals surface area contributed by atoms with E-state index in [4.69, 9.17) is 5.73 Å². The van der Waals surface area contributed by atoms with Gasteiger partial charge in [-0.1, -0.05) is 38.1 Å². The fourth-order valence-electron chi connectivity index (χ4n) is 3.10. The molecule has 138 valence electrons. The van der Waals surface area contributed by atoms with Crippen LogP contribution in [0.2, 0.25) is 0 Å². The van der Waals surface area contributed by atoms with E-state index in [0.717, 1.165) is 19.3 Å². The van der Waals surface area contributed by atoms with Gasteiger partial charge in [0.2, 0.25) is 5.91 Å². The lowest BCUT2D eigenvalue weighted by atomic mass is 9.97. The Kier molecular flexibility index (Phi) is 7.29. The molecule has 1 aromatic carbocycles. The average Bonchev–Trinajstić information content (AvgIpc) is 3.37. The number of hydrogen-bond donors (Lipinski definition) is 3. The van der Waals surface area contributed by atoms with Crippen molar-refractivity contribution in [2.24, 2.45) is 17.6 Å². The number of nitrogens with two attached hydrogens (primary N) is 1. The summed E-state index contributed by atoms with van der Waals surface area (Å²) in [5, 5.41) is 5.74. The number of hydrogen-bond acceptors (Lipinski definition) is 2. The standard InChI is InChI=1S/C20H31N3O2/c1-14(2)13-15-6-8-16(9-7-15)19(17-10-11-17)23-18(24)5-3-4-12-22-20(21)25/h6-9,14,17,19H,3-5,10-13H2,1-2H3,(H,23,24)(H3,21,22,25). The zero-order chi connectivity index (χ0) is 18.2. The zero-order valence-electron chi connectivity index (χ0n) is 15.4. The second-order valence-corrected chi connectivity index (χ2v) is 7.47. The van der Waals surface area contributed by atoms with Crippen molar-refractivity contribution in [1.82, 2.24) is 10.6 Å². The Bertz CT molecular complexity index is 565. The van der Waals surface area contributed by atoms with E-state index >= 15 is 0 Å². The van der Waals surface area contributed by atoms with Crippen LogP contribution in [-0.2, 0) is 11.2 Å². The Hall–Kier alpha value is -2.04. The summed E-state index contributed by atoms with van der Waals surface area (Å²) in [6.45, 7) is 4.96. The molecule has 0 spiro atoms. The Balaban J connectivity index is 1.82. The van der Waals surface area contributed by atoms with E-state index in [2.05, 4.69) is 48.7 Å². The molecule has 1 atom stereocenters. The van der Waals surface area contributed by atoms with Crippen LogP contribution in [0.25, 0.3) is 0 Å². The first-order valence-corrected chi connectivity index (χ1v) is 9.37. The summed E-state index contributed by atoms with van der Waals surface area (Å²) in [6.07, 6.45) is 5.43. The van der Waals surface area contributed by atoms with Gasteiger partial charge in [-0.15, -0.1) is 0 Å². The van der Waals surface area contributed by atoms with E-state index in [9.17, 15) is 9.59 Å². The predicted molar refractivity (Wildman–Crippen MR) is 100 cm³/mol. The summed E-state index contributed by atoms with van der Waals surface area (Å²) in [7, 11) is 0. The number of primary amides is 1. The van der Waals surface area contributed by atoms with Gasteiger partial charge in [-0.25, -0.2) is 4.79 Å². The molecule has 0 heterocycles. The summed E-state index contributed by atoms with van der Waals surface area (Å²) in [4.78, 5) is 22.8. The molecule has 0 bridgehead atoms. The average molecular weight is 345 g/mol. The van der Waals surface area contributed by atoms with Gasteiger partial charge >= 0.3 is 6.03 Å². The van der Waals surface area contributed by atoms with E-state index in [1.165, 1.54) is 24.0 Å². The predicted octanol–water partition coefficient (Wildman–Crippen LogP) is 3.29. The van der Waals surface area contributed by atoms with Gasteiger partial charge in [-0.2, -0.15) is 0 Å². The lowest BCUT2D eigenvalue weighted by Crippen LogP contribution is -2.31. The van der Waals surface area contributed by atoms with Gasteiger partial charge in [0, 0.05) is 13.0 Å². The molecule has 25 heavy (non-hydrogen) atoms. The minimum absolute atomic E-state index is 0.0854. The van der Waals surface area contributed by atoms with Crippen LogP contribution in [0.15, 0.2) is 24.3 Å². The minimum atomic E-state index is -0.515. The molecule has 0 aliphatic heterocycles. The molecule has 2 rings (SSSR count). The Morgan fingerprint density at radius 3 is 2.40 bits per heavy atom.